The predicted molar refractivity (Wildman–Crippen MR) is 74.6 cm³/mol. The van der Waals surface area contributed by atoms with Crippen LogP contribution in [0.15, 0.2) is 12.1 Å². The molecule has 1 aromatic rings. The molecule has 1 saturated heterocycles. The molecule has 1 atom stereocenters. The summed E-state index contributed by atoms with van der Waals surface area (Å²) >= 11 is 0. The first-order valence-corrected chi connectivity index (χ1v) is 6.38. The van der Waals surface area contributed by atoms with Gasteiger partial charge in [-0.05, 0) is 11.6 Å². The van der Waals surface area contributed by atoms with Crippen molar-refractivity contribution < 1.29 is 4.74 Å². The van der Waals surface area contributed by atoms with Crippen LogP contribution in [-0.4, -0.2) is 37.8 Å². The number of pyridine rings is 1. The Hall–Kier alpha value is -0.840. The van der Waals surface area contributed by atoms with E-state index < -0.39 is 0 Å². The fourth-order valence-corrected chi connectivity index (χ4v) is 2.56. The second kappa shape index (κ2) is 5.87. The van der Waals surface area contributed by atoms with Crippen LogP contribution in [0, 0.1) is 0 Å². The fourth-order valence-electron chi connectivity index (χ4n) is 2.56. The molecule has 0 bridgehead atoms. The van der Waals surface area contributed by atoms with Crippen LogP contribution in [0.25, 0.3) is 0 Å². The lowest BCUT2D eigenvalue weighted by atomic mass is 9.98. The normalized spacial score (nSPS) is 23.2. The van der Waals surface area contributed by atoms with Gasteiger partial charge in [-0.2, -0.15) is 0 Å². The quantitative estimate of drug-likeness (QED) is 0.839. The molecule has 4 nitrogen and oxygen atoms in total. The lowest BCUT2D eigenvalue weighted by molar-refractivity contribution is 0.122. The predicted octanol–water partition coefficient (Wildman–Crippen LogP) is 1.55. The Kier molecular flexibility index (Phi) is 4.43. The molecule has 1 fully saturated rings. The Labute approximate surface area is 114 Å². The molecular weight excluding hydrogens is 250 g/mol. The molecule has 0 radical (unpaired) electrons. The zero-order chi connectivity index (χ0) is 11.7. The SMILES string of the molecule is CC1CNCc2ccc(N3CCOCC3)nc21.Cl. The van der Waals surface area contributed by atoms with Crippen molar-refractivity contribution >= 4 is 18.2 Å². The van der Waals surface area contributed by atoms with Crippen molar-refractivity contribution in [3.63, 3.8) is 0 Å². The van der Waals surface area contributed by atoms with Gasteiger partial charge in [0, 0.05) is 32.1 Å². The van der Waals surface area contributed by atoms with Crippen LogP contribution in [0.1, 0.15) is 24.1 Å². The van der Waals surface area contributed by atoms with Crippen LogP contribution in [0.2, 0.25) is 0 Å². The number of hydrogen-bond donors (Lipinski definition) is 1. The number of nitrogens with one attached hydrogen (secondary N) is 1. The maximum absolute atomic E-state index is 5.38. The molecule has 0 aliphatic carbocycles. The molecular formula is C13H20ClN3O. The second-order valence-corrected chi connectivity index (χ2v) is 4.85. The third-order valence-corrected chi connectivity index (χ3v) is 3.57. The van der Waals surface area contributed by atoms with Gasteiger partial charge in [0.2, 0.25) is 0 Å². The minimum absolute atomic E-state index is 0. The average molecular weight is 270 g/mol. The number of anilines is 1. The highest BCUT2D eigenvalue weighted by molar-refractivity contribution is 5.85. The number of aromatic nitrogens is 1. The van der Waals surface area contributed by atoms with Gasteiger partial charge in [-0.1, -0.05) is 13.0 Å². The highest BCUT2D eigenvalue weighted by atomic mass is 35.5. The fraction of sp³-hybridized carbons (Fsp3) is 0.615. The molecule has 18 heavy (non-hydrogen) atoms. The highest BCUT2D eigenvalue weighted by Gasteiger charge is 2.20. The zero-order valence-corrected chi connectivity index (χ0v) is 11.5. The van der Waals surface area contributed by atoms with Crippen molar-refractivity contribution in [1.82, 2.24) is 10.3 Å². The Morgan fingerprint density at radius 1 is 1.33 bits per heavy atom. The summed E-state index contributed by atoms with van der Waals surface area (Å²) in [6.45, 7) is 7.77. The molecule has 0 saturated carbocycles. The molecule has 100 valence electrons. The van der Waals surface area contributed by atoms with Gasteiger partial charge >= 0.3 is 0 Å². The minimum Gasteiger partial charge on any atom is -0.378 e. The summed E-state index contributed by atoms with van der Waals surface area (Å²) in [7, 11) is 0. The van der Waals surface area contributed by atoms with E-state index in [0.29, 0.717) is 5.92 Å². The van der Waals surface area contributed by atoms with E-state index >= 15 is 0 Å². The smallest absolute Gasteiger partial charge is 0.128 e. The molecule has 3 rings (SSSR count). The van der Waals surface area contributed by atoms with Gasteiger partial charge in [-0.25, -0.2) is 4.98 Å². The Morgan fingerprint density at radius 3 is 2.89 bits per heavy atom. The van der Waals surface area contributed by atoms with E-state index in [4.69, 9.17) is 9.72 Å². The van der Waals surface area contributed by atoms with Crippen molar-refractivity contribution in [3.05, 3.63) is 23.4 Å². The van der Waals surface area contributed by atoms with Gasteiger partial charge in [0.1, 0.15) is 5.82 Å². The van der Waals surface area contributed by atoms with Crippen LogP contribution < -0.4 is 10.2 Å². The molecule has 2 aliphatic rings. The topological polar surface area (TPSA) is 37.4 Å². The van der Waals surface area contributed by atoms with Crippen LogP contribution in [0.4, 0.5) is 5.82 Å². The summed E-state index contributed by atoms with van der Waals surface area (Å²) in [6.07, 6.45) is 0. The van der Waals surface area contributed by atoms with Gasteiger partial charge < -0.3 is 15.0 Å². The van der Waals surface area contributed by atoms with Crippen molar-refractivity contribution in [2.45, 2.75) is 19.4 Å². The molecule has 1 aromatic heterocycles. The number of nitrogens with zero attached hydrogens (tertiary/aromatic N) is 2. The lowest BCUT2D eigenvalue weighted by Gasteiger charge is -2.30. The van der Waals surface area contributed by atoms with E-state index in [9.17, 15) is 0 Å². The number of halogens is 1. The van der Waals surface area contributed by atoms with E-state index in [-0.39, 0.29) is 12.4 Å². The first kappa shape index (κ1) is 13.6. The van der Waals surface area contributed by atoms with Crippen molar-refractivity contribution in [2.24, 2.45) is 0 Å². The molecule has 2 aliphatic heterocycles. The largest absolute Gasteiger partial charge is 0.378 e. The summed E-state index contributed by atoms with van der Waals surface area (Å²) in [5.74, 6) is 1.63. The van der Waals surface area contributed by atoms with Gasteiger partial charge in [-0.15, -0.1) is 12.4 Å². The number of ether oxygens (including phenoxy) is 1. The molecule has 5 heteroatoms. The van der Waals surface area contributed by atoms with Crippen LogP contribution in [0.5, 0.6) is 0 Å². The molecule has 1 unspecified atom stereocenters. The molecule has 0 spiro atoms. The van der Waals surface area contributed by atoms with E-state index in [1.807, 2.05) is 0 Å². The Balaban J connectivity index is 0.00000120. The van der Waals surface area contributed by atoms with Crippen molar-refractivity contribution in [3.8, 4) is 0 Å². The first-order valence-electron chi connectivity index (χ1n) is 6.38. The third-order valence-electron chi connectivity index (χ3n) is 3.57. The van der Waals surface area contributed by atoms with Crippen molar-refractivity contribution in [2.75, 3.05) is 37.7 Å². The van der Waals surface area contributed by atoms with E-state index in [1.165, 1.54) is 11.3 Å². The van der Waals surface area contributed by atoms with Gasteiger partial charge in [0.15, 0.2) is 0 Å². The lowest BCUT2D eigenvalue weighted by Crippen LogP contribution is -2.37. The molecule has 3 heterocycles. The van der Waals surface area contributed by atoms with E-state index in [0.717, 1.165) is 45.2 Å². The monoisotopic (exact) mass is 269 g/mol. The second-order valence-electron chi connectivity index (χ2n) is 4.85. The van der Waals surface area contributed by atoms with Crippen LogP contribution >= 0.6 is 12.4 Å². The zero-order valence-electron chi connectivity index (χ0n) is 10.7. The average Bonchev–Trinajstić information content (AvgIpc) is 2.40. The third kappa shape index (κ3) is 2.60. The maximum Gasteiger partial charge on any atom is 0.128 e. The summed E-state index contributed by atoms with van der Waals surface area (Å²) in [5, 5.41) is 3.42. The summed E-state index contributed by atoms with van der Waals surface area (Å²) in [6, 6.07) is 4.36. The van der Waals surface area contributed by atoms with Gasteiger partial charge in [-0.3, -0.25) is 0 Å². The number of rotatable bonds is 1. The van der Waals surface area contributed by atoms with E-state index in [2.05, 4.69) is 29.3 Å². The van der Waals surface area contributed by atoms with Crippen LogP contribution in [-0.2, 0) is 11.3 Å². The number of morpholine rings is 1. The Morgan fingerprint density at radius 2 is 2.11 bits per heavy atom. The van der Waals surface area contributed by atoms with Crippen molar-refractivity contribution in [1.29, 1.82) is 0 Å². The summed E-state index contributed by atoms with van der Waals surface area (Å²) in [5.41, 5.74) is 2.62. The number of fused-ring (bicyclic) bond motifs is 1. The molecule has 0 aromatic carbocycles. The first-order chi connectivity index (χ1) is 8.34. The summed E-state index contributed by atoms with van der Waals surface area (Å²) in [4.78, 5) is 7.17. The van der Waals surface area contributed by atoms with Gasteiger partial charge in [0.05, 0.1) is 18.9 Å². The highest BCUT2D eigenvalue weighted by Crippen LogP contribution is 2.24. The van der Waals surface area contributed by atoms with Crippen LogP contribution in [0.3, 0.4) is 0 Å². The van der Waals surface area contributed by atoms with Gasteiger partial charge in [0.25, 0.3) is 0 Å². The standard InChI is InChI=1S/C13H19N3O.ClH/c1-10-8-14-9-11-2-3-12(15-13(10)11)16-4-6-17-7-5-16;/h2-3,10,14H,4-9H2,1H3;1H. The maximum atomic E-state index is 5.38. The molecule has 1 N–H and O–H groups in total. The number of hydrogen-bond acceptors (Lipinski definition) is 4. The van der Waals surface area contributed by atoms with E-state index in [1.54, 1.807) is 0 Å². The molecule has 0 amide bonds. The summed E-state index contributed by atoms with van der Waals surface area (Å²) < 4.78 is 5.38. The Bertz CT molecular complexity index is 407. The minimum atomic E-state index is 0.